The fraction of sp³-hybridized carbons (Fsp3) is 0.500. The lowest BCUT2D eigenvalue weighted by molar-refractivity contribution is -0.130. The first-order valence-corrected chi connectivity index (χ1v) is 7.37. The second-order valence-corrected chi connectivity index (χ2v) is 5.84. The highest BCUT2D eigenvalue weighted by atomic mass is 19.1. The topological polar surface area (TPSA) is 69.6 Å². The molecule has 120 valence electrons. The van der Waals surface area contributed by atoms with E-state index < -0.39 is 5.82 Å². The quantitative estimate of drug-likeness (QED) is 0.858. The lowest BCUT2D eigenvalue weighted by Gasteiger charge is -2.20. The number of halogens is 1. The highest BCUT2D eigenvalue weighted by molar-refractivity contribution is 5.89. The number of benzene rings is 1. The third kappa shape index (κ3) is 3.62. The Balaban J connectivity index is 1.92. The number of likely N-dealkylation sites (tertiary alicyclic amines) is 1. The Labute approximate surface area is 129 Å². The number of rotatable bonds is 5. The van der Waals surface area contributed by atoms with Crippen LogP contribution in [0.3, 0.4) is 0 Å². The molecule has 0 aliphatic carbocycles. The van der Waals surface area contributed by atoms with E-state index in [1.54, 1.807) is 11.0 Å². The third-order valence-corrected chi connectivity index (χ3v) is 3.90. The summed E-state index contributed by atoms with van der Waals surface area (Å²) in [4.78, 5) is 25.6. The van der Waals surface area contributed by atoms with E-state index >= 15 is 0 Å². The number of nitrogens with one attached hydrogen (secondary N) is 1. The summed E-state index contributed by atoms with van der Waals surface area (Å²) < 4.78 is 13.3. The second-order valence-electron chi connectivity index (χ2n) is 5.84. The molecular formula is C16H21FN2O3. The van der Waals surface area contributed by atoms with Crippen molar-refractivity contribution in [2.24, 2.45) is 5.92 Å². The molecule has 2 amide bonds. The Bertz CT molecular complexity index is 575. The number of aliphatic hydroxyl groups is 1. The molecule has 1 saturated heterocycles. The molecule has 1 aromatic rings. The van der Waals surface area contributed by atoms with Crippen LogP contribution >= 0.6 is 0 Å². The van der Waals surface area contributed by atoms with E-state index in [0.29, 0.717) is 12.1 Å². The highest BCUT2D eigenvalue weighted by Gasteiger charge is 2.35. The number of carbonyl (C=O) groups is 2. The molecule has 0 aromatic heterocycles. The molecule has 0 bridgehead atoms. The maximum Gasteiger partial charge on any atom is 0.225 e. The standard InChI is InChI=1S/C16H21FN2O3/c1-10(2)19-8-12(6-15(19)21)16(22)18-7-11-3-4-14(17)13(5-11)9-20/h3-5,10,12,20H,6-9H2,1-2H3,(H,18,22). The zero-order chi connectivity index (χ0) is 16.3. The largest absolute Gasteiger partial charge is 0.392 e. The van der Waals surface area contributed by atoms with Gasteiger partial charge in [-0.2, -0.15) is 0 Å². The lowest BCUT2D eigenvalue weighted by atomic mass is 10.1. The summed E-state index contributed by atoms with van der Waals surface area (Å²) in [6, 6.07) is 4.45. The zero-order valence-electron chi connectivity index (χ0n) is 12.8. The number of amides is 2. The Hall–Kier alpha value is -1.95. The van der Waals surface area contributed by atoms with Gasteiger partial charge < -0.3 is 15.3 Å². The van der Waals surface area contributed by atoms with Crippen LogP contribution in [-0.4, -0.2) is 34.4 Å². The van der Waals surface area contributed by atoms with Crippen LogP contribution in [0.25, 0.3) is 0 Å². The van der Waals surface area contributed by atoms with Crippen molar-refractivity contribution in [1.82, 2.24) is 10.2 Å². The molecule has 0 radical (unpaired) electrons. The fourth-order valence-corrected chi connectivity index (χ4v) is 2.60. The minimum atomic E-state index is -0.466. The van der Waals surface area contributed by atoms with Gasteiger partial charge in [-0.15, -0.1) is 0 Å². The molecule has 22 heavy (non-hydrogen) atoms. The lowest BCUT2D eigenvalue weighted by Crippen LogP contribution is -2.35. The highest BCUT2D eigenvalue weighted by Crippen LogP contribution is 2.20. The van der Waals surface area contributed by atoms with Crippen LogP contribution in [0.2, 0.25) is 0 Å². The van der Waals surface area contributed by atoms with Crippen molar-refractivity contribution in [3.8, 4) is 0 Å². The van der Waals surface area contributed by atoms with Gasteiger partial charge in [0.2, 0.25) is 11.8 Å². The zero-order valence-corrected chi connectivity index (χ0v) is 12.8. The van der Waals surface area contributed by atoms with Crippen molar-refractivity contribution in [3.63, 3.8) is 0 Å². The summed E-state index contributed by atoms with van der Waals surface area (Å²) >= 11 is 0. The molecule has 0 spiro atoms. The van der Waals surface area contributed by atoms with E-state index in [4.69, 9.17) is 5.11 Å². The molecule has 6 heteroatoms. The monoisotopic (exact) mass is 308 g/mol. The first-order chi connectivity index (χ1) is 10.4. The van der Waals surface area contributed by atoms with Gasteiger partial charge in [0.25, 0.3) is 0 Å². The molecule has 2 rings (SSSR count). The van der Waals surface area contributed by atoms with Crippen molar-refractivity contribution >= 4 is 11.8 Å². The minimum Gasteiger partial charge on any atom is -0.392 e. The van der Waals surface area contributed by atoms with Crippen molar-refractivity contribution in [3.05, 3.63) is 35.1 Å². The van der Waals surface area contributed by atoms with Crippen LogP contribution in [-0.2, 0) is 22.7 Å². The van der Waals surface area contributed by atoms with Crippen LogP contribution in [0.4, 0.5) is 4.39 Å². The molecule has 0 saturated carbocycles. The van der Waals surface area contributed by atoms with Gasteiger partial charge in [-0.05, 0) is 31.5 Å². The van der Waals surface area contributed by atoms with E-state index in [9.17, 15) is 14.0 Å². The van der Waals surface area contributed by atoms with Crippen LogP contribution < -0.4 is 5.32 Å². The minimum absolute atomic E-state index is 0.000464. The molecule has 2 N–H and O–H groups in total. The molecule has 1 fully saturated rings. The number of carbonyl (C=O) groups excluding carboxylic acids is 2. The second kappa shape index (κ2) is 6.87. The van der Waals surface area contributed by atoms with E-state index in [1.165, 1.54) is 12.1 Å². The average Bonchev–Trinajstić information content (AvgIpc) is 2.88. The number of aliphatic hydroxyl groups excluding tert-OH is 1. The Morgan fingerprint density at radius 1 is 1.50 bits per heavy atom. The van der Waals surface area contributed by atoms with Gasteiger partial charge in [-0.25, -0.2) is 4.39 Å². The first kappa shape index (κ1) is 16.4. The predicted octanol–water partition coefficient (Wildman–Crippen LogP) is 1.19. The van der Waals surface area contributed by atoms with Gasteiger partial charge in [0.15, 0.2) is 0 Å². The SMILES string of the molecule is CC(C)N1CC(C(=O)NCc2ccc(F)c(CO)c2)CC1=O. The number of hydrogen-bond acceptors (Lipinski definition) is 3. The fourth-order valence-electron chi connectivity index (χ4n) is 2.60. The molecule has 1 aliphatic rings. The maximum atomic E-state index is 13.3. The Morgan fingerprint density at radius 3 is 2.82 bits per heavy atom. The summed E-state index contributed by atoms with van der Waals surface area (Å²) in [5, 5.41) is 11.8. The molecular weight excluding hydrogens is 287 g/mol. The molecule has 1 unspecified atom stereocenters. The first-order valence-electron chi connectivity index (χ1n) is 7.37. The molecule has 1 aromatic carbocycles. The van der Waals surface area contributed by atoms with Crippen molar-refractivity contribution in [1.29, 1.82) is 0 Å². The van der Waals surface area contributed by atoms with Crippen molar-refractivity contribution < 1.29 is 19.1 Å². The van der Waals surface area contributed by atoms with Crippen LogP contribution in [0.5, 0.6) is 0 Å². The molecule has 1 atom stereocenters. The maximum absolute atomic E-state index is 13.3. The van der Waals surface area contributed by atoms with Gasteiger partial charge >= 0.3 is 0 Å². The van der Waals surface area contributed by atoms with Crippen molar-refractivity contribution in [2.75, 3.05) is 6.54 Å². The van der Waals surface area contributed by atoms with Crippen LogP contribution in [0, 0.1) is 11.7 Å². The van der Waals surface area contributed by atoms with Gasteiger partial charge in [0.1, 0.15) is 5.82 Å². The van der Waals surface area contributed by atoms with Crippen LogP contribution in [0.1, 0.15) is 31.4 Å². The smallest absolute Gasteiger partial charge is 0.225 e. The predicted molar refractivity (Wildman–Crippen MR) is 79.1 cm³/mol. The van der Waals surface area contributed by atoms with Gasteiger partial charge in [0, 0.05) is 31.1 Å². The number of nitrogens with zero attached hydrogens (tertiary/aromatic N) is 1. The van der Waals surface area contributed by atoms with E-state index in [0.717, 1.165) is 0 Å². The summed E-state index contributed by atoms with van der Waals surface area (Å²) in [6.07, 6.45) is 0.231. The van der Waals surface area contributed by atoms with Gasteiger partial charge in [0.05, 0.1) is 12.5 Å². The summed E-state index contributed by atoms with van der Waals surface area (Å²) in [5.74, 6) is -0.981. The van der Waals surface area contributed by atoms with E-state index in [1.807, 2.05) is 13.8 Å². The van der Waals surface area contributed by atoms with E-state index in [-0.39, 0.29) is 48.9 Å². The molecule has 1 aliphatic heterocycles. The van der Waals surface area contributed by atoms with Gasteiger partial charge in [-0.3, -0.25) is 9.59 Å². The molecule has 1 heterocycles. The molecule has 5 nitrogen and oxygen atoms in total. The summed E-state index contributed by atoms with van der Waals surface area (Å²) in [7, 11) is 0. The summed E-state index contributed by atoms with van der Waals surface area (Å²) in [5.41, 5.74) is 0.914. The van der Waals surface area contributed by atoms with E-state index in [2.05, 4.69) is 5.32 Å². The normalized spacial score (nSPS) is 18.1. The third-order valence-electron chi connectivity index (χ3n) is 3.90. The van der Waals surface area contributed by atoms with Crippen LogP contribution in [0.15, 0.2) is 18.2 Å². The van der Waals surface area contributed by atoms with Gasteiger partial charge in [-0.1, -0.05) is 6.07 Å². The van der Waals surface area contributed by atoms with Crippen molar-refractivity contribution in [2.45, 2.75) is 39.5 Å². The Morgan fingerprint density at radius 2 is 2.23 bits per heavy atom. The number of hydrogen-bond donors (Lipinski definition) is 2. The average molecular weight is 308 g/mol. The Kier molecular flexibility index (Phi) is 5.13. The summed E-state index contributed by atoms with van der Waals surface area (Å²) in [6.45, 7) is 4.15.